The molecule has 2 aromatic rings. The van der Waals surface area contributed by atoms with Crippen LogP contribution in [-0.2, 0) is 13.6 Å². The molecule has 2 rings (SSSR count). The first-order chi connectivity index (χ1) is 8.65. The summed E-state index contributed by atoms with van der Waals surface area (Å²) in [6.45, 7) is 0.728. The van der Waals surface area contributed by atoms with Crippen LogP contribution in [0.4, 0.5) is 0 Å². The summed E-state index contributed by atoms with van der Waals surface area (Å²) in [6, 6.07) is 5.97. The third kappa shape index (κ3) is 2.57. The van der Waals surface area contributed by atoms with Crippen molar-refractivity contribution in [3.63, 3.8) is 0 Å². The molecule has 4 nitrogen and oxygen atoms in total. The van der Waals surface area contributed by atoms with Gasteiger partial charge in [0.2, 0.25) is 0 Å². The Kier molecular flexibility index (Phi) is 4.04. The highest BCUT2D eigenvalue weighted by molar-refractivity contribution is 9.10. The molecular formula is C13H16BrN3O. The minimum atomic E-state index is 0.728. The Balaban J connectivity index is 2.56. The Morgan fingerprint density at radius 3 is 2.83 bits per heavy atom. The number of aryl methyl sites for hydroxylation is 1. The van der Waals surface area contributed by atoms with Crippen molar-refractivity contribution < 1.29 is 4.74 Å². The van der Waals surface area contributed by atoms with Gasteiger partial charge in [0.05, 0.1) is 12.8 Å². The van der Waals surface area contributed by atoms with Crippen molar-refractivity contribution in [2.75, 3.05) is 14.2 Å². The molecule has 0 aliphatic carbocycles. The van der Waals surface area contributed by atoms with Gasteiger partial charge in [0.15, 0.2) is 0 Å². The number of hydrogen-bond acceptors (Lipinski definition) is 3. The second-order valence-electron chi connectivity index (χ2n) is 4.04. The molecule has 0 spiro atoms. The van der Waals surface area contributed by atoms with E-state index >= 15 is 0 Å². The summed E-state index contributed by atoms with van der Waals surface area (Å²) in [5, 5.41) is 7.60. The van der Waals surface area contributed by atoms with Gasteiger partial charge >= 0.3 is 0 Å². The fourth-order valence-electron chi connectivity index (χ4n) is 1.95. The monoisotopic (exact) mass is 309 g/mol. The van der Waals surface area contributed by atoms with E-state index in [1.807, 2.05) is 37.1 Å². The molecule has 18 heavy (non-hydrogen) atoms. The lowest BCUT2D eigenvalue weighted by atomic mass is 10.1. The highest BCUT2D eigenvalue weighted by atomic mass is 79.9. The Labute approximate surface area is 115 Å². The predicted molar refractivity (Wildman–Crippen MR) is 75.7 cm³/mol. The van der Waals surface area contributed by atoms with Gasteiger partial charge in [-0.15, -0.1) is 0 Å². The van der Waals surface area contributed by atoms with Crippen molar-refractivity contribution in [3.05, 3.63) is 34.6 Å². The smallest absolute Gasteiger partial charge is 0.126 e. The van der Waals surface area contributed by atoms with E-state index in [0.29, 0.717) is 0 Å². The first-order valence-corrected chi connectivity index (χ1v) is 6.46. The van der Waals surface area contributed by atoms with Crippen LogP contribution in [0.3, 0.4) is 0 Å². The third-order valence-electron chi connectivity index (χ3n) is 2.70. The molecule has 0 fully saturated rings. The number of methoxy groups -OCH3 is 1. The molecule has 0 amide bonds. The Morgan fingerprint density at radius 2 is 2.17 bits per heavy atom. The maximum absolute atomic E-state index is 5.42. The lowest BCUT2D eigenvalue weighted by Gasteiger charge is -2.09. The van der Waals surface area contributed by atoms with Crippen molar-refractivity contribution in [2.45, 2.75) is 6.54 Å². The molecule has 0 saturated carbocycles. The summed E-state index contributed by atoms with van der Waals surface area (Å²) in [5.41, 5.74) is 3.15. The van der Waals surface area contributed by atoms with Crippen molar-refractivity contribution in [3.8, 4) is 16.9 Å². The lowest BCUT2D eigenvalue weighted by molar-refractivity contribution is 0.416. The maximum Gasteiger partial charge on any atom is 0.126 e. The number of ether oxygens (including phenoxy) is 1. The van der Waals surface area contributed by atoms with Gasteiger partial charge in [0.25, 0.3) is 0 Å². The largest absolute Gasteiger partial charge is 0.496 e. The topological polar surface area (TPSA) is 39.1 Å². The molecule has 0 radical (unpaired) electrons. The van der Waals surface area contributed by atoms with E-state index in [9.17, 15) is 0 Å². The van der Waals surface area contributed by atoms with Gasteiger partial charge in [-0.25, -0.2) is 0 Å². The molecule has 0 saturated heterocycles. The van der Waals surface area contributed by atoms with E-state index in [2.05, 4.69) is 32.4 Å². The molecule has 96 valence electrons. The van der Waals surface area contributed by atoms with E-state index < -0.39 is 0 Å². The minimum absolute atomic E-state index is 0.728. The Hall–Kier alpha value is -1.33. The zero-order chi connectivity index (χ0) is 13.1. The molecule has 0 aliphatic rings. The number of halogens is 1. The van der Waals surface area contributed by atoms with Crippen molar-refractivity contribution in [1.29, 1.82) is 0 Å². The Bertz CT molecular complexity index is 551. The molecule has 0 unspecified atom stereocenters. The molecular weight excluding hydrogens is 294 g/mol. The number of benzene rings is 1. The molecule has 1 aromatic carbocycles. The van der Waals surface area contributed by atoms with Crippen LogP contribution in [0.15, 0.2) is 28.9 Å². The molecule has 0 atom stereocenters. The van der Waals surface area contributed by atoms with E-state index in [4.69, 9.17) is 4.74 Å². The molecule has 1 aromatic heterocycles. The second kappa shape index (κ2) is 5.54. The van der Waals surface area contributed by atoms with Crippen LogP contribution in [0.25, 0.3) is 11.1 Å². The average molecular weight is 310 g/mol. The number of aromatic nitrogens is 2. The van der Waals surface area contributed by atoms with Gasteiger partial charge < -0.3 is 10.1 Å². The number of nitrogens with one attached hydrogen (secondary N) is 1. The normalized spacial score (nSPS) is 10.7. The third-order valence-corrected chi connectivity index (χ3v) is 3.19. The van der Waals surface area contributed by atoms with Crippen LogP contribution in [-0.4, -0.2) is 23.9 Å². The second-order valence-corrected chi connectivity index (χ2v) is 4.95. The van der Waals surface area contributed by atoms with E-state index in [1.165, 1.54) is 0 Å². The van der Waals surface area contributed by atoms with Gasteiger partial charge in [-0.05, 0) is 25.2 Å². The van der Waals surface area contributed by atoms with Gasteiger partial charge in [-0.1, -0.05) is 15.9 Å². The van der Waals surface area contributed by atoms with Gasteiger partial charge in [0.1, 0.15) is 5.75 Å². The number of nitrogens with zero attached hydrogens (tertiary/aromatic N) is 2. The van der Waals surface area contributed by atoms with Crippen LogP contribution in [0.1, 0.15) is 5.69 Å². The lowest BCUT2D eigenvalue weighted by Crippen LogP contribution is -2.07. The quantitative estimate of drug-likeness (QED) is 0.943. The fourth-order valence-corrected chi connectivity index (χ4v) is 2.31. The average Bonchev–Trinajstić information content (AvgIpc) is 2.71. The highest BCUT2D eigenvalue weighted by Gasteiger charge is 2.14. The van der Waals surface area contributed by atoms with Crippen LogP contribution in [0.5, 0.6) is 5.75 Å². The van der Waals surface area contributed by atoms with Crippen molar-refractivity contribution >= 4 is 15.9 Å². The first kappa shape index (κ1) is 13.1. The summed E-state index contributed by atoms with van der Waals surface area (Å²) in [5.74, 6) is 0.851. The van der Waals surface area contributed by atoms with E-state index in [-0.39, 0.29) is 0 Å². The molecule has 1 heterocycles. The van der Waals surface area contributed by atoms with E-state index in [1.54, 1.807) is 7.11 Å². The predicted octanol–water partition coefficient (Wildman–Crippen LogP) is 2.58. The van der Waals surface area contributed by atoms with Crippen LogP contribution < -0.4 is 10.1 Å². The SMILES string of the molecule is CNCc1nn(C)cc1-c1cc(Br)ccc1OC. The molecule has 0 bridgehead atoms. The van der Waals surface area contributed by atoms with Gasteiger partial charge in [-0.2, -0.15) is 5.10 Å². The number of hydrogen-bond donors (Lipinski definition) is 1. The standard InChI is InChI=1S/C13H16BrN3O/c1-15-7-12-11(8-17(2)16-12)10-6-9(14)4-5-13(10)18-3/h4-6,8,15H,7H2,1-3H3. The van der Waals surface area contributed by atoms with E-state index in [0.717, 1.165) is 33.6 Å². The van der Waals surface area contributed by atoms with Crippen LogP contribution in [0.2, 0.25) is 0 Å². The highest BCUT2D eigenvalue weighted by Crippen LogP contribution is 2.34. The minimum Gasteiger partial charge on any atom is -0.496 e. The molecule has 0 aliphatic heterocycles. The summed E-state index contributed by atoms with van der Waals surface area (Å²) in [7, 11) is 5.52. The molecule has 1 N–H and O–H groups in total. The number of rotatable bonds is 4. The zero-order valence-electron chi connectivity index (χ0n) is 10.7. The van der Waals surface area contributed by atoms with Crippen LogP contribution in [0, 0.1) is 0 Å². The first-order valence-electron chi connectivity index (χ1n) is 5.66. The van der Waals surface area contributed by atoms with Gasteiger partial charge in [0, 0.05) is 35.4 Å². The van der Waals surface area contributed by atoms with Gasteiger partial charge in [-0.3, -0.25) is 4.68 Å². The van der Waals surface area contributed by atoms with Crippen LogP contribution >= 0.6 is 15.9 Å². The Morgan fingerprint density at radius 1 is 1.39 bits per heavy atom. The van der Waals surface area contributed by atoms with Crippen molar-refractivity contribution in [2.24, 2.45) is 7.05 Å². The summed E-state index contributed by atoms with van der Waals surface area (Å²) >= 11 is 3.49. The zero-order valence-corrected chi connectivity index (χ0v) is 12.3. The fraction of sp³-hybridized carbons (Fsp3) is 0.308. The summed E-state index contributed by atoms with van der Waals surface area (Å²) in [6.07, 6.45) is 2.01. The maximum atomic E-state index is 5.42. The summed E-state index contributed by atoms with van der Waals surface area (Å²) < 4.78 is 8.27. The van der Waals surface area contributed by atoms with Crippen molar-refractivity contribution in [1.82, 2.24) is 15.1 Å². The summed E-state index contributed by atoms with van der Waals surface area (Å²) in [4.78, 5) is 0. The molecule has 5 heteroatoms.